The van der Waals surface area contributed by atoms with Gasteiger partial charge in [0.1, 0.15) is 11.6 Å². The number of ether oxygens (including phenoxy) is 1. The van der Waals surface area contributed by atoms with E-state index >= 15 is 0 Å². The summed E-state index contributed by atoms with van der Waals surface area (Å²) in [7, 11) is 0. The monoisotopic (exact) mass is 368 g/mol. The van der Waals surface area contributed by atoms with Gasteiger partial charge in [0.15, 0.2) is 11.9 Å². The normalized spacial score (nSPS) is 20.8. The summed E-state index contributed by atoms with van der Waals surface area (Å²) in [5.74, 6) is 2.80. The highest BCUT2D eigenvalue weighted by Crippen LogP contribution is 2.33. The predicted octanol–water partition coefficient (Wildman–Crippen LogP) is 3.44. The fraction of sp³-hybridized carbons (Fsp3) is 0.571. The lowest BCUT2D eigenvalue weighted by Crippen LogP contribution is -2.40. The van der Waals surface area contributed by atoms with Crippen molar-refractivity contribution < 1.29 is 9.53 Å². The number of carbonyl (C=O) groups excluding carboxylic acids is 1. The molecule has 27 heavy (non-hydrogen) atoms. The molecule has 0 aliphatic carbocycles. The summed E-state index contributed by atoms with van der Waals surface area (Å²) < 4.78 is 8.19. The van der Waals surface area contributed by atoms with Crippen molar-refractivity contribution in [2.45, 2.75) is 71.1 Å². The Labute approximate surface area is 160 Å². The number of nitrogens with zero attached hydrogens (tertiary/aromatic N) is 4. The fourth-order valence-corrected chi connectivity index (χ4v) is 4.23. The summed E-state index contributed by atoms with van der Waals surface area (Å²) in [6.45, 7) is 5.58. The summed E-state index contributed by atoms with van der Waals surface area (Å²) in [6, 6.07) is 7.85. The molecule has 6 heteroatoms. The Balaban J connectivity index is 1.51. The first-order valence-corrected chi connectivity index (χ1v) is 10.1. The molecule has 0 bridgehead atoms. The van der Waals surface area contributed by atoms with Crippen molar-refractivity contribution in [1.29, 1.82) is 0 Å². The van der Waals surface area contributed by atoms with E-state index in [0.29, 0.717) is 0 Å². The van der Waals surface area contributed by atoms with Crippen molar-refractivity contribution in [3.63, 3.8) is 0 Å². The van der Waals surface area contributed by atoms with E-state index in [4.69, 9.17) is 4.74 Å². The average molecular weight is 368 g/mol. The fourth-order valence-electron chi connectivity index (χ4n) is 4.23. The lowest BCUT2D eigenvalue weighted by molar-refractivity contribution is -0.139. The highest BCUT2D eigenvalue weighted by Gasteiger charge is 2.36. The molecule has 144 valence electrons. The number of aryl methyl sites for hydroxylation is 2. The molecule has 1 amide bonds. The zero-order chi connectivity index (χ0) is 18.8. The quantitative estimate of drug-likeness (QED) is 0.829. The standard InChI is InChI=1S/C21H28N4O2/c1-15-8-6-9-17(14-15)27-16(2)21(26)24-13-7-10-18(24)20-23-22-19-11-4-3-5-12-25(19)20/h6,8-9,14,16,18H,3-5,7,10-13H2,1-2H3. The molecule has 3 heterocycles. The first-order chi connectivity index (χ1) is 13.1. The van der Waals surface area contributed by atoms with Crippen LogP contribution in [0, 0.1) is 6.92 Å². The number of hydrogen-bond acceptors (Lipinski definition) is 4. The summed E-state index contributed by atoms with van der Waals surface area (Å²) in [5, 5.41) is 8.91. The number of aromatic nitrogens is 3. The molecule has 0 radical (unpaired) electrons. The molecule has 2 aromatic rings. The molecule has 6 nitrogen and oxygen atoms in total. The minimum absolute atomic E-state index is 0.0143. The molecule has 2 atom stereocenters. The van der Waals surface area contributed by atoms with Crippen LogP contribution in [-0.4, -0.2) is 38.2 Å². The Hall–Kier alpha value is -2.37. The van der Waals surface area contributed by atoms with E-state index in [1.807, 2.05) is 43.0 Å². The molecule has 1 fully saturated rings. The van der Waals surface area contributed by atoms with Gasteiger partial charge in [-0.2, -0.15) is 0 Å². The van der Waals surface area contributed by atoms with Crippen LogP contribution in [-0.2, 0) is 17.8 Å². The Morgan fingerprint density at radius 2 is 2.07 bits per heavy atom. The Morgan fingerprint density at radius 1 is 1.19 bits per heavy atom. The van der Waals surface area contributed by atoms with Crippen LogP contribution in [0.4, 0.5) is 0 Å². The number of amides is 1. The van der Waals surface area contributed by atoms with Crippen LogP contribution in [0.5, 0.6) is 5.75 Å². The van der Waals surface area contributed by atoms with Gasteiger partial charge in [0.2, 0.25) is 0 Å². The minimum atomic E-state index is -0.515. The Morgan fingerprint density at radius 3 is 2.93 bits per heavy atom. The van der Waals surface area contributed by atoms with Gasteiger partial charge in [0.25, 0.3) is 5.91 Å². The van der Waals surface area contributed by atoms with E-state index < -0.39 is 6.10 Å². The first kappa shape index (κ1) is 18.0. The highest BCUT2D eigenvalue weighted by atomic mass is 16.5. The Kier molecular flexibility index (Phi) is 5.14. The zero-order valence-corrected chi connectivity index (χ0v) is 16.2. The number of rotatable bonds is 4. The van der Waals surface area contributed by atoms with Gasteiger partial charge in [-0.25, -0.2) is 0 Å². The van der Waals surface area contributed by atoms with Crippen LogP contribution in [0.3, 0.4) is 0 Å². The molecule has 0 N–H and O–H groups in total. The topological polar surface area (TPSA) is 60.2 Å². The minimum Gasteiger partial charge on any atom is -0.481 e. The summed E-state index contributed by atoms with van der Waals surface area (Å²) in [6.07, 6.45) is 5.98. The van der Waals surface area contributed by atoms with Crippen molar-refractivity contribution >= 4 is 5.91 Å². The number of fused-ring (bicyclic) bond motifs is 1. The molecule has 1 aromatic heterocycles. The van der Waals surface area contributed by atoms with Crippen molar-refractivity contribution in [3.05, 3.63) is 41.5 Å². The third-order valence-corrected chi connectivity index (χ3v) is 5.62. The zero-order valence-electron chi connectivity index (χ0n) is 16.2. The van der Waals surface area contributed by atoms with Crippen LogP contribution in [0.2, 0.25) is 0 Å². The third-order valence-electron chi connectivity index (χ3n) is 5.62. The molecule has 0 spiro atoms. The summed E-state index contributed by atoms with van der Waals surface area (Å²) >= 11 is 0. The van der Waals surface area contributed by atoms with Gasteiger partial charge in [-0.05, 0) is 57.2 Å². The van der Waals surface area contributed by atoms with E-state index in [9.17, 15) is 4.79 Å². The molecule has 4 rings (SSSR count). The van der Waals surface area contributed by atoms with Crippen molar-refractivity contribution in [2.75, 3.05) is 6.54 Å². The van der Waals surface area contributed by atoms with Crippen molar-refractivity contribution in [3.8, 4) is 5.75 Å². The molecule has 1 aromatic carbocycles. The lowest BCUT2D eigenvalue weighted by atomic mass is 10.2. The van der Waals surface area contributed by atoms with Crippen molar-refractivity contribution in [2.24, 2.45) is 0 Å². The number of hydrogen-bond donors (Lipinski definition) is 0. The van der Waals surface area contributed by atoms with Crippen molar-refractivity contribution in [1.82, 2.24) is 19.7 Å². The molecular formula is C21H28N4O2. The second-order valence-corrected chi connectivity index (χ2v) is 7.70. The van der Waals surface area contributed by atoms with Gasteiger partial charge in [-0.3, -0.25) is 4.79 Å². The Bertz CT molecular complexity index is 816. The van der Waals surface area contributed by atoms with E-state index in [0.717, 1.165) is 61.7 Å². The maximum atomic E-state index is 13.1. The first-order valence-electron chi connectivity index (χ1n) is 10.1. The molecule has 1 saturated heterocycles. The van der Waals surface area contributed by atoms with E-state index in [-0.39, 0.29) is 11.9 Å². The van der Waals surface area contributed by atoms with Crippen LogP contribution in [0.15, 0.2) is 24.3 Å². The average Bonchev–Trinajstić information content (AvgIpc) is 3.22. The maximum absolute atomic E-state index is 13.1. The second kappa shape index (κ2) is 7.71. The van der Waals surface area contributed by atoms with Crippen LogP contribution in [0.25, 0.3) is 0 Å². The van der Waals surface area contributed by atoms with Gasteiger partial charge in [0, 0.05) is 19.5 Å². The highest BCUT2D eigenvalue weighted by molar-refractivity contribution is 5.81. The van der Waals surface area contributed by atoms with E-state index in [1.54, 1.807) is 0 Å². The van der Waals surface area contributed by atoms with Crippen LogP contribution in [0.1, 0.15) is 62.3 Å². The predicted molar refractivity (Wildman–Crippen MR) is 103 cm³/mol. The molecule has 2 aliphatic rings. The van der Waals surface area contributed by atoms with Crippen LogP contribution < -0.4 is 4.74 Å². The van der Waals surface area contributed by atoms with Gasteiger partial charge < -0.3 is 14.2 Å². The largest absolute Gasteiger partial charge is 0.481 e. The second-order valence-electron chi connectivity index (χ2n) is 7.70. The van der Waals surface area contributed by atoms with Gasteiger partial charge in [-0.1, -0.05) is 18.6 Å². The maximum Gasteiger partial charge on any atom is 0.263 e. The van der Waals surface area contributed by atoms with E-state index in [1.165, 1.54) is 12.8 Å². The van der Waals surface area contributed by atoms with Gasteiger partial charge in [0.05, 0.1) is 6.04 Å². The lowest BCUT2D eigenvalue weighted by Gasteiger charge is -2.27. The van der Waals surface area contributed by atoms with Gasteiger partial charge in [-0.15, -0.1) is 10.2 Å². The van der Waals surface area contributed by atoms with Gasteiger partial charge >= 0.3 is 0 Å². The SMILES string of the molecule is Cc1cccc(OC(C)C(=O)N2CCCC2c2nnc3n2CCCCC3)c1. The molecule has 2 aliphatic heterocycles. The molecule has 0 saturated carbocycles. The number of carbonyl (C=O) groups is 1. The smallest absolute Gasteiger partial charge is 0.263 e. The number of benzene rings is 1. The summed E-state index contributed by atoms with van der Waals surface area (Å²) in [4.78, 5) is 15.1. The third kappa shape index (κ3) is 3.70. The molecule has 2 unspecified atom stereocenters. The molecular weight excluding hydrogens is 340 g/mol. The van der Waals surface area contributed by atoms with Crippen LogP contribution >= 0.6 is 0 Å². The summed E-state index contributed by atoms with van der Waals surface area (Å²) in [5.41, 5.74) is 1.12. The number of likely N-dealkylation sites (tertiary alicyclic amines) is 1. The van der Waals surface area contributed by atoms with E-state index in [2.05, 4.69) is 14.8 Å².